The highest BCUT2D eigenvalue weighted by atomic mass is 32.1. The van der Waals surface area contributed by atoms with Gasteiger partial charge in [-0.3, -0.25) is 4.79 Å². The fourth-order valence-corrected chi connectivity index (χ4v) is 5.30. The van der Waals surface area contributed by atoms with Crippen molar-refractivity contribution >= 4 is 38.5 Å². The number of hydrogen-bond acceptors (Lipinski definition) is 8. The van der Waals surface area contributed by atoms with Crippen molar-refractivity contribution in [1.82, 2.24) is 15.0 Å². The second-order valence-electron chi connectivity index (χ2n) is 8.44. The molecule has 0 spiro atoms. The normalized spacial score (nSPS) is 13.6. The van der Waals surface area contributed by atoms with Gasteiger partial charge in [0.25, 0.3) is 5.91 Å². The van der Waals surface area contributed by atoms with Crippen molar-refractivity contribution < 1.29 is 14.3 Å². The van der Waals surface area contributed by atoms with Crippen molar-refractivity contribution in [3.8, 4) is 22.8 Å². The fraction of sp³-hybridized carbons (Fsp3) is 0.308. The van der Waals surface area contributed by atoms with Crippen LogP contribution in [0.15, 0.2) is 42.5 Å². The molecule has 0 aliphatic carbocycles. The van der Waals surface area contributed by atoms with E-state index in [9.17, 15) is 4.79 Å². The Hall–Kier alpha value is -3.72. The lowest BCUT2D eigenvalue weighted by Crippen LogP contribution is -2.29. The van der Waals surface area contributed by atoms with Gasteiger partial charge >= 0.3 is 0 Å². The second kappa shape index (κ2) is 9.87. The number of methoxy groups -OCH3 is 2. The third kappa shape index (κ3) is 4.77. The summed E-state index contributed by atoms with van der Waals surface area (Å²) in [4.78, 5) is 29.9. The van der Waals surface area contributed by atoms with Gasteiger partial charge in [0.15, 0.2) is 22.3 Å². The minimum Gasteiger partial charge on any atom is -0.493 e. The zero-order valence-corrected chi connectivity index (χ0v) is 20.8. The third-order valence-electron chi connectivity index (χ3n) is 6.03. The van der Waals surface area contributed by atoms with Crippen molar-refractivity contribution in [3.05, 3.63) is 53.7 Å². The number of ether oxygens (including phenoxy) is 2. The van der Waals surface area contributed by atoms with Crippen molar-refractivity contribution in [2.75, 3.05) is 37.5 Å². The largest absolute Gasteiger partial charge is 0.493 e. The minimum atomic E-state index is -0.244. The first-order chi connectivity index (χ1) is 17.1. The molecule has 1 aliphatic rings. The molecule has 1 saturated heterocycles. The molecule has 4 aromatic rings. The number of benzene rings is 1. The van der Waals surface area contributed by atoms with Crippen LogP contribution in [0, 0.1) is 6.92 Å². The van der Waals surface area contributed by atoms with Crippen LogP contribution in [0.25, 0.3) is 21.6 Å². The highest BCUT2D eigenvalue weighted by Crippen LogP contribution is 2.36. The average molecular weight is 490 g/mol. The summed E-state index contributed by atoms with van der Waals surface area (Å²) in [5.74, 6) is 1.48. The third-order valence-corrected chi connectivity index (χ3v) is 7.17. The Morgan fingerprint density at radius 3 is 2.51 bits per heavy atom. The Balaban J connectivity index is 1.61. The van der Waals surface area contributed by atoms with E-state index in [-0.39, 0.29) is 5.91 Å². The highest BCUT2D eigenvalue weighted by Gasteiger charge is 2.22. The van der Waals surface area contributed by atoms with Gasteiger partial charge in [-0.05, 0) is 62.6 Å². The smallest absolute Gasteiger partial charge is 0.258 e. The zero-order chi connectivity index (χ0) is 24.4. The maximum Gasteiger partial charge on any atom is 0.258 e. The van der Waals surface area contributed by atoms with Crippen molar-refractivity contribution in [2.24, 2.45) is 0 Å². The number of piperidine rings is 1. The molecule has 5 rings (SSSR count). The predicted octanol–water partition coefficient (Wildman–Crippen LogP) is 5.32. The Kier molecular flexibility index (Phi) is 6.50. The van der Waals surface area contributed by atoms with E-state index in [1.807, 2.05) is 43.3 Å². The van der Waals surface area contributed by atoms with Gasteiger partial charge in [-0.25, -0.2) is 9.97 Å². The summed E-state index contributed by atoms with van der Waals surface area (Å²) in [5.41, 5.74) is 3.35. The van der Waals surface area contributed by atoms with Gasteiger partial charge < -0.3 is 19.7 Å². The number of thiazole rings is 1. The van der Waals surface area contributed by atoms with Gasteiger partial charge in [-0.2, -0.15) is 4.98 Å². The van der Waals surface area contributed by atoms with Crippen LogP contribution in [0.1, 0.15) is 35.3 Å². The monoisotopic (exact) mass is 489 g/mol. The number of pyridine rings is 2. The summed E-state index contributed by atoms with van der Waals surface area (Å²) in [7, 11) is 3.19. The van der Waals surface area contributed by atoms with Gasteiger partial charge in [0, 0.05) is 24.3 Å². The standard InChI is InChI=1S/C26H27N5O3S/c1-16-8-7-9-22(27-16)29-25(32)18-15-19(17-10-11-20(33-2)21(14-17)34-3)28-24-23(18)35-26(30-24)31-12-5-4-6-13-31/h7-11,14-15H,4-6,12-13H2,1-3H3,(H,27,29,32). The molecule has 1 amide bonds. The average Bonchev–Trinajstić information content (AvgIpc) is 3.32. The van der Waals surface area contributed by atoms with Crippen LogP contribution in [0.2, 0.25) is 0 Å². The first-order valence-corrected chi connectivity index (χ1v) is 12.4. The summed E-state index contributed by atoms with van der Waals surface area (Å²) >= 11 is 1.52. The quantitative estimate of drug-likeness (QED) is 0.392. The van der Waals surface area contributed by atoms with Crippen LogP contribution in [0.3, 0.4) is 0 Å². The van der Waals surface area contributed by atoms with Crippen molar-refractivity contribution in [3.63, 3.8) is 0 Å². The number of amides is 1. The van der Waals surface area contributed by atoms with E-state index in [4.69, 9.17) is 19.4 Å². The molecule has 3 aromatic heterocycles. The Morgan fingerprint density at radius 1 is 0.971 bits per heavy atom. The Bertz CT molecular complexity index is 1380. The fourth-order valence-electron chi connectivity index (χ4n) is 4.23. The van der Waals surface area contributed by atoms with E-state index >= 15 is 0 Å². The number of hydrogen-bond donors (Lipinski definition) is 1. The molecule has 0 radical (unpaired) electrons. The minimum absolute atomic E-state index is 0.244. The SMILES string of the molecule is COc1ccc(-c2cc(C(=O)Nc3cccc(C)n3)c3sc(N4CCCCC4)nc3n2)cc1OC. The molecular formula is C26H27N5O3S. The molecule has 1 fully saturated rings. The Morgan fingerprint density at radius 2 is 1.77 bits per heavy atom. The van der Waals surface area contributed by atoms with Crippen LogP contribution in [-0.2, 0) is 0 Å². The van der Waals surface area contributed by atoms with E-state index in [1.165, 1.54) is 17.8 Å². The molecule has 0 saturated carbocycles. The molecule has 1 aliphatic heterocycles. The summed E-state index contributed by atoms with van der Waals surface area (Å²) in [5, 5.41) is 3.84. The lowest BCUT2D eigenvalue weighted by Gasteiger charge is -2.25. The molecule has 1 N–H and O–H groups in total. The molecule has 1 aromatic carbocycles. The lowest BCUT2D eigenvalue weighted by molar-refractivity contribution is 0.102. The zero-order valence-electron chi connectivity index (χ0n) is 20.0. The van der Waals surface area contributed by atoms with Gasteiger partial charge in [-0.1, -0.05) is 17.4 Å². The molecule has 0 bridgehead atoms. The number of carbonyl (C=O) groups is 1. The van der Waals surface area contributed by atoms with Crippen LogP contribution in [0.4, 0.5) is 10.9 Å². The molecule has 180 valence electrons. The van der Waals surface area contributed by atoms with Crippen molar-refractivity contribution in [2.45, 2.75) is 26.2 Å². The molecule has 8 nitrogen and oxygen atoms in total. The second-order valence-corrected chi connectivity index (χ2v) is 9.42. The van der Waals surface area contributed by atoms with Gasteiger partial charge in [-0.15, -0.1) is 0 Å². The molecular weight excluding hydrogens is 462 g/mol. The molecule has 0 atom stereocenters. The van der Waals surface area contributed by atoms with Gasteiger partial charge in [0.1, 0.15) is 5.82 Å². The number of nitrogens with zero attached hydrogens (tertiary/aromatic N) is 4. The van der Waals surface area contributed by atoms with Crippen LogP contribution in [0.5, 0.6) is 11.5 Å². The molecule has 0 unspecified atom stereocenters. The number of anilines is 2. The Labute approximate surface area is 208 Å². The number of aromatic nitrogens is 3. The number of fused-ring (bicyclic) bond motifs is 1. The van der Waals surface area contributed by atoms with Crippen LogP contribution >= 0.6 is 11.3 Å². The number of rotatable bonds is 6. The van der Waals surface area contributed by atoms with Crippen molar-refractivity contribution in [1.29, 1.82) is 0 Å². The maximum atomic E-state index is 13.5. The van der Waals surface area contributed by atoms with E-state index < -0.39 is 0 Å². The van der Waals surface area contributed by atoms with Crippen LogP contribution < -0.4 is 19.7 Å². The van der Waals surface area contributed by atoms with Crippen LogP contribution in [-0.4, -0.2) is 48.2 Å². The van der Waals surface area contributed by atoms with E-state index in [0.29, 0.717) is 34.2 Å². The summed E-state index contributed by atoms with van der Waals surface area (Å²) in [6.45, 7) is 3.83. The summed E-state index contributed by atoms with van der Waals surface area (Å²) in [6, 6.07) is 12.9. The summed E-state index contributed by atoms with van der Waals surface area (Å²) in [6.07, 6.45) is 3.53. The van der Waals surface area contributed by atoms with Gasteiger partial charge in [0.05, 0.1) is 30.2 Å². The molecule has 35 heavy (non-hydrogen) atoms. The highest BCUT2D eigenvalue weighted by molar-refractivity contribution is 7.22. The van der Waals surface area contributed by atoms with Gasteiger partial charge in [0.2, 0.25) is 0 Å². The molecule has 9 heteroatoms. The van der Waals surface area contributed by atoms with E-state index in [1.54, 1.807) is 20.3 Å². The van der Waals surface area contributed by atoms with E-state index in [0.717, 1.165) is 47.0 Å². The van der Waals surface area contributed by atoms with E-state index in [2.05, 4.69) is 15.2 Å². The molecule has 4 heterocycles. The first kappa shape index (κ1) is 23.0. The first-order valence-electron chi connectivity index (χ1n) is 11.6. The number of carbonyl (C=O) groups excluding carboxylic acids is 1. The topological polar surface area (TPSA) is 89.5 Å². The maximum absolute atomic E-state index is 13.5. The predicted molar refractivity (Wildman–Crippen MR) is 139 cm³/mol. The lowest BCUT2D eigenvalue weighted by atomic mass is 10.1. The number of nitrogens with one attached hydrogen (secondary N) is 1. The number of aryl methyl sites for hydroxylation is 1. The summed E-state index contributed by atoms with van der Waals surface area (Å²) < 4.78 is 11.6.